The quantitative estimate of drug-likeness (QED) is 0.286. The summed E-state index contributed by atoms with van der Waals surface area (Å²) < 4.78 is 23.4. The highest BCUT2D eigenvalue weighted by molar-refractivity contribution is 8.00. The number of ether oxygens (including phenoxy) is 1. The van der Waals surface area contributed by atoms with Crippen LogP contribution in [0, 0.1) is 5.82 Å². The first-order chi connectivity index (χ1) is 15.6. The lowest BCUT2D eigenvalue weighted by Gasteiger charge is -2.09. The lowest BCUT2D eigenvalue weighted by molar-refractivity contribution is -0.113. The van der Waals surface area contributed by atoms with E-state index in [9.17, 15) is 14.0 Å². The van der Waals surface area contributed by atoms with Gasteiger partial charge in [-0.2, -0.15) is 4.98 Å². The van der Waals surface area contributed by atoms with E-state index in [1.807, 2.05) is 17.5 Å². The molecule has 2 aromatic heterocycles. The summed E-state index contributed by atoms with van der Waals surface area (Å²) in [5.41, 5.74) is 0.816. The fourth-order valence-electron chi connectivity index (χ4n) is 2.66. The maximum Gasteiger partial charge on any atom is 0.339 e. The number of thioether (sulfide) groups is 1. The van der Waals surface area contributed by atoms with E-state index in [-0.39, 0.29) is 30.0 Å². The third-order valence-corrected chi connectivity index (χ3v) is 6.07. The van der Waals surface area contributed by atoms with Gasteiger partial charge in [-0.15, -0.1) is 23.1 Å². The largest absolute Gasteiger partial charge is 0.452 e. The maximum absolute atomic E-state index is 13.0. The van der Waals surface area contributed by atoms with Crippen molar-refractivity contribution >= 4 is 40.7 Å². The predicted octanol–water partition coefficient (Wildman–Crippen LogP) is 5.03. The number of anilines is 1. The summed E-state index contributed by atoms with van der Waals surface area (Å²) in [6, 6.07) is 16.1. The van der Waals surface area contributed by atoms with Crippen molar-refractivity contribution in [1.29, 1.82) is 0 Å². The van der Waals surface area contributed by atoms with Gasteiger partial charge in [-0.3, -0.25) is 4.79 Å². The van der Waals surface area contributed by atoms with Crippen LogP contribution in [0.5, 0.6) is 0 Å². The number of esters is 1. The Morgan fingerprint density at radius 1 is 1.09 bits per heavy atom. The molecule has 0 saturated heterocycles. The zero-order chi connectivity index (χ0) is 22.3. The molecule has 2 aromatic carbocycles. The molecule has 0 saturated carbocycles. The lowest BCUT2D eigenvalue weighted by Crippen LogP contribution is -2.14. The fraction of sp³-hybridized carbons (Fsp3) is 0.0909. The number of hydrogen-bond acceptors (Lipinski definition) is 8. The number of amides is 1. The SMILES string of the molecule is O=C(CSc1ccccc1C(=O)OCc1nc(-c2cccs2)no1)Nc1ccc(F)cc1. The second kappa shape index (κ2) is 10.2. The molecule has 4 aromatic rings. The molecule has 0 unspecified atom stereocenters. The van der Waals surface area contributed by atoms with Crippen LogP contribution in [0.3, 0.4) is 0 Å². The Balaban J connectivity index is 1.33. The molecule has 0 aliphatic carbocycles. The number of nitrogens with zero attached hydrogens (tertiary/aromatic N) is 2. The molecule has 10 heteroatoms. The molecular weight excluding hydrogens is 453 g/mol. The Labute approximate surface area is 190 Å². The summed E-state index contributed by atoms with van der Waals surface area (Å²) >= 11 is 2.67. The van der Waals surface area contributed by atoms with Crippen molar-refractivity contribution in [3.63, 3.8) is 0 Å². The molecule has 0 fully saturated rings. The number of carbonyl (C=O) groups excluding carboxylic acids is 2. The van der Waals surface area contributed by atoms with Crippen molar-refractivity contribution in [2.24, 2.45) is 0 Å². The molecule has 1 N–H and O–H groups in total. The van der Waals surface area contributed by atoms with Gasteiger partial charge in [0, 0.05) is 10.6 Å². The molecule has 0 spiro atoms. The topological polar surface area (TPSA) is 94.3 Å². The summed E-state index contributed by atoms with van der Waals surface area (Å²) in [6.45, 7) is -0.165. The Hall–Kier alpha value is -3.50. The van der Waals surface area contributed by atoms with Gasteiger partial charge in [0.2, 0.25) is 11.7 Å². The molecule has 1 amide bonds. The first-order valence-electron chi connectivity index (χ1n) is 9.39. The van der Waals surface area contributed by atoms with Crippen molar-refractivity contribution in [3.8, 4) is 10.7 Å². The van der Waals surface area contributed by atoms with E-state index in [0.29, 0.717) is 22.0 Å². The number of halogens is 1. The standard InChI is InChI=1S/C22H16FN3O4S2/c23-14-7-9-15(10-8-14)24-19(27)13-32-17-5-2-1-4-16(17)22(28)29-12-20-25-21(26-30-20)18-6-3-11-31-18/h1-11H,12-13H2,(H,24,27). The van der Waals surface area contributed by atoms with E-state index in [1.54, 1.807) is 24.3 Å². The van der Waals surface area contributed by atoms with Crippen molar-refractivity contribution in [1.82, 2.24) is 10.1 Å². The molecule has 2 heterocycles. The van der Waals surface area contributed by atoms with Crippen molar-refractivity contribution in [2.45, 2.75) is 11.5 Å². The number of rotatable bonds is 8. The van der Waals surface area contributed by atoms with Crippen LogP contribution in [0.4, 0.5) is 10.1 Å². The second-order valence-corrected chi connectivity index (χ2v) is 8.37. The summed E-state index contributed by atoms with van der Waals surface area (Å²) in [6.07, 6.45) is 0. The number of thiophene rings is 1. The monoisotopic (exact) mass is 469 g/mol. The van der Waals surface area contributed by atoms with Gasteiger partial charge in [0.25, 0.3) is 5.89 Å². The third-order valence-electron chi connectivity index (χ3n) is 4.13. The van der Waals surface area contributed by atoms with Crippen molar-refractivity contribution in [3.05, 3.63) is 83.3 Å². The summed E-state index contributed by atoms with van der Waals surface area (Å²) in [4.78, 5) is 30.4. The molecule has 0 bridgehead atoms. The highest BCUT2D eigenvalue weighted by Gasteiger charge is 2.17. The van der Waals surface area contributed by atoms with Crippen molar-refractivity contribution < 1.29 is 23.2 Å². The normalized spacial score (nSPS) is 10.7. The van der Waals surface area contributed by atoms with Gasteiger partial charge in [0.1, 0.15) is 5.82 Å². The molecule has 162 valence electrons. The van der Waals surface area contributed by atoms with Gasteiger partial charge in [-0.25, -0.2) is 9.18 Å². The Bertz CT molecular complexity index is 1210. The van der Waals surface area contributed by atoms with Crippen LogP contribution in [0.25, 0.3) is 10.7 Å². The van der Waals surface area contributed by atoms with Crippen LogP contribution in [0.15, 0.2) is 75.5 Å². The molecule has 0 radical (unpaired) electrons. The van der Waals surface area contributed by atoms with Crippen LogP contribution in [0.2, 0.25) is 0 Å². The van der Waals surface area contributed by atoms with Gasteiger partial charge in [-0.1, -0.05) is 23.4 Å². The fourth-order valence-corrected chi connectivity index (χ4v) is 4.15. The zero-order valence-corrected chi connectivity index (χ0v) is 18.1. The Kier molecular flexibility index (Phi) is 6.93. The minimum Gasteiger partial charge on any atom is -0.452 e. The van der Waals surface area contributed by atoms with E-state index < -0.39 is 5.97 Å². The summed E-state index contributed by atoms with van der Waals surface area (Å²) in [5.74, 6) is -0.539. The molecule has 4 rings (SSSR count). The molecular formula is C22H16FN3O4S2. The van der Waals surface area contributed by atoms with Gasteiger partial charge >= 0.3 is 5.97 Å². The highest BCUT2D eigenvalue weighted by Crippen LogP contribution is 2.25. The zero-order valence-electron chi connectivity index (χ0n) is 16.5. The predicted molar refractivity (Wildman–Crippen MR) is 119 cm³/mol. The minimum atomic E-state index is -0.567. The van der Waals surface area contributed by atoms with Gasteiger partial charge in [-0.05, 0) is 47.8 Å². The first kappa shape index (κ1) is 21.7. The third kappa shape index (κ3) is 5.59. The number of carbonyl (C=O) groups is 2. The van der Waals surface area contributed by atoms with Crippen LogP contribution in [0.1, 0.15) is 16.2 Å². The maximum atomic E-state index is 13.0. The second-order valence-electron chi connectivity index (χ2n) is 6.41. The lowest BCUT2D eigenvalue weighted by atomic mass is 10.2. The van der Waals surface area contributed by atoms with E-state index in [2.05, 4.69) is 15.5 Å². The Morgan fingerprint density at radius 3 is 2.69 bits per heavy atom. The van der Waals surface area contributed by atoms with Crippen molar-refractivity contribution in [2.75, 3.05) is 11.1 Å². The number of aromatic nitrogens is 2. The van der Waals surface area contributed by atoms with E-state index in [4.69, 9.17) is 9.26 Å². The van der Waals surface area contributed by atoms with E-state index >= 15 is 0 Å². The molecule has 7 nitrogen and oxygen atoms in total. The minimum absolute atomic E-state index is 0.0650. The van der Waals surface area contributed by atoms with Gasteiger partial charge < -0.3 is 14.6 Å². The first-order valence-corrected chi connectivity index (χ1v) is 11.3. The van der Waals surface area contributed by atoms with Crippen LogP contribution < -0.4 is 5.32 Å². The molecule has 32 heavy (non-hydrogen) atoms. The average molecular weight is 470 g/mol. The van der Waals surface area contributed by atoms with Crippen LogP contribution in [-0.4, -0.2) is 27.8 Å². The molecule has 0 atom stereocenters. The molecule has 0 aliphatic rings. The molecule has 0 aliphatic heterocycles. The summed E-state index contributed by atoms with van der Waals surface area (Å²) in [5, 5.41) is 8.46. The van der Waals surface area contributed by atoms with Crippen LogP contribution >= 0.6 is 23.1 Å². The van der Waals surface area contributed by atoms with E-state index in [1.165, 1.54) is 47.4 Å². The van der Waals surface area contributed by atoms with Gasteiger partial charge in [0.05, 0.1) is 16.2 Å². The summed E-state index contributed by atoms with van der Waals surface area (Å²) in [7, 11) is 0. The number of hydrogen-bond donors (Lipinski definition) is 1. The highest BCUT2D eigenvalue weighted by atomic mass is 32.2. The number of benzene rings is 2. The smallest absolute Gasteiger partial charge is 0.339 e. The van der Waals surface area contributed by atoms with Gasteiger partial charge in [0.15, 0.2) is 6.61 Å². The average Bonchev–Trinajstić information content (AvgIpc) is 3.50. The van der Waals surface area contributed by atoms with E-state index in [0.717, 1.165) is 4.88 Å². The van der Waals surface area contributed by atoms with Crippen LogP contribution in [-0.2, 0) is 16.1 Å². The Morgan fingerprint density at radius 2 is 1.91 bits per heavy atom. The number of nitrogens with one attached hydrogen (secondary N) is 1.